The van der Waals surface area contributed by atoms with Gasteiger partial charge in [-0.15, -0.1) is 0 Å². The van der Waals surface area contributed by atoms with Gasteiger partial charge in [0.1, 0.15) is 5.75 Å². The number of aromatic hydroxyl groups is 1. The molecular formula is C20H25NO2. The summed E-state index contributed by atoms with van der Waals surface area (Å²) in [5.41, 5.74) is 2.29. The maximum atomic E-state index is 12.2. The summed E-state index contributed by atoms with van der Waals surface area (Å²) in [4.78, 5) is 12.2. The van der Waals surface area contributed by atoms with Gasteiger partial charge in [-0.2, -0.15) is 0 Å². The van der Waals surface area contributed by atoms with Crippen molar-refractivity contribution in [3.63, 3.8) is 0 Å². The normalized spacial score (nSPS) is 10.5. The van der Waals surface area contributed by atoms with Crippen molar-refractivity contribution < 1.29 is 9.90 Å². The fourth-order valence-corrected chi connectivity index (χ4v) is 2.53. The summed E-state index contributed by atoms with van der Waals surface area (Å²) in [5, 5.41) is 12.4. The highest BCUT2D eigenvalue weighted by molar-refractivity contribution is 6.04. The van der Waals surface area contributed by atoms with Gasteiger partial charge in [0.05, 0.1) is 5.69 Å². The molecule has 0 bridgehead atoms. The highest BCUT2D eigenvalue weighted by atomic mass is 16.3. The molecule has 1 amide bonds. The predicted octanol–water partition coefficient (Wildman–Crippen LogP) is 5.16. The first-order valence-electron chi connectivity index (χ1n) is 8.39. The number of rotatable bonds is 8. The SMILES string of the molecule is CCCCCCCc1ccc(C(=O)Nc2ccccc2O)cc1. The molecule has 0 saturated heterocycles. The molecular weight excluding hydrogens is 286 g/mol. The summed E-state index contributed by atoms with van der Waals surface area (Å²) in [7, 11) is 0. The molecule has 0 aliphatic heterocycles. The molecule has 0 spiro atoms. The van der Waals surface area contributed by atoms with Crippen molar-refractivity contribution in [2.75, 3.05) is 5.32 Å². The summed E-state index contributed by atoms with van der Waals surface area (Å²) < 4.78 is 0. The van der Waals surface area contributed by atoms with Gasteiger partial charge in [0, 0.05) is 5.56 Å². The van der Waals surface area contributed by atoms with Gasteiger partial charge in [-0.3, -0.25) is 4.79 Å². The van der Waals surface area contributed by atoms with Crippen LogP contribution in [0.4, 0.5) is 5.69 Å². The molecule has 2 aromatic rings. The maximum absolute atomic E-state index is 12.2. The van der Waals surface area contributed by atoms with Crippen molar-refractivity contribution in [3.8, 4) is 5.75 Å². The quantitative estimate of drug-likeness (QED) is 0.523. The van der Waals surface area contributed by atoms with E-state index in [1.165, 1.54) is 37.7 Å². The molecule has 0 radical (unpaired) electrons. The lowest BCUT2D eigenvalue weighted by Gasteiger charge is -2.08. The number of anilines is 1. The van der Waals surface area contributed by atoms with Gasteiger partial charge in [0.15, 0.2) is 0 Å². The topological polar surface area (TPSA) is 49.3 Å². The van der Waals surface area contributed by atoms with Gasteiger partial charge in [0.2, 0.25) is 0 Å². The number of unbranched alkanes of at least 4 members (excludes halogenated alkanes) is 4. The van der Waals surface area contributed by atoms with Crippen LogP contribution in [-0.2, 0) is 6.42 Å². The first-order valence-corrected chi connectivity index (χ1v) is 8.39. The Morgan fingerprint density at radius 1 is 0.957 bits per heavy atom. The van der Waals surface area contributed by atoms with Gasteiger partial charge < -0.3 is 10.4 Å². The van der Waals surface area contributed by atoms with E-state index in [0.29, 0.717) is 11.3 Å². The van der Waals surface area contributed by atoms with E-state index in [4.69, 9.17) is 0 Å². The minimum Gasteiger partial charge on any atom is -0.506 e. The molecule has 0 unspecified atom stereocenters. The summed E-state index contributed by atoms with van der Waals surface area (Å²) in [6.45, 7) is 2.22. The van der Waals surface area contributed by atoms with Gasteiger partial charge in [-0.25, -0.2) is 0 Å². The highest BCUT2D eigenvalue weighted by Gasteiger charge is 2.08. The third kappa shape index (κ3) is 5.44. The van der Waals surface area contributed by atoms with Crippen molar-refractivity contribution in [2.24, 2.45) is 0 Å². The lowest BCUT2D eigenvalue weighted by molar-refractivity contribution is 0.102. The molecule has 0 aliphatic rings. The number of carbonyl (C=O) groups excluding carboxylic acids is 1. The minimum atomic E-state index is -0.207. The van der Waals surface area contributed by atoms with Gasteiger partial charge in [0.25, 0.3) is 5.91 Å². The summed E-state index contributed by atoms with van der Waals surface area (Å²) in [6.07, 6.45) is 7.40. The molecule has 3 heteroatoms. The number of phenolic OH excluding ortho intramolecular Hbond substituents is 1. The van der Waals surface area contributed by atoms with Crippen LogP contribution in [-0.4, -0.2) is 11.0 Å². The number of para-hydroxylation sites is 2. The number of carbonyl (C=O) groups is 1. The maximum Gasteiger partial charge on any atom is 0.255 e. The van der Waals surface area contributed by atoms with Gasteiger partial charge >= 0.3 is 0 Å². The van der Waals surface area contributed by atoms with Crippen LogP contribution in [0.3, 0.4) is 0 Å². The van der Waals surface area contributed by atoms with Crippen molar-refractivity contribution in [2.45, 2.75) is 45.4 Å². The summed E-state index contributed by atoms with van der Waals surface area (Å²) in [6, 6.07) is 14.4. The lowest BCUT2D eigenvalue weighted by Crippen LogP contribution is -2.11. The Hall–Kier alpha value is -2.29. The van der Waals surface area contributed by atoms with Crippen LogP contribution in [0.5, 0.6) is 5.75 Å². The van der Waals surface area contributed by atoms with E-state index in [9.17, 15) is 9.90 Å². The Balaban J connectivity index is 1.86. The minimum absolute atomic E-state index is 0.0737. The smallest absolute Gasteiger partial charge is 0.255 e. The highest BCUT2D eigenvalue weighted by Crippen LogP contribution is 2.22. The Kier molecular flexibility index (Phi) is 6.67. The monoisotopic (exact) mass is 311 g/mol. The first kappa shape index (κ1) is 17.1. The van der Waals surface area contributed by atoms with E-state index >= 15 is 0 Å². The van der Waals surface area contributed by atoms with Crippen LogP contribution in [0.1, 0.15) is 54.9 Å². The molecule has 3 nitrogen and oxygen atoms in total. The molecule has 0 fully saturated rings. The molecule has 2 rings (SSSR count). The number of hydrogen-bond donors (Lipinski definition) is 2. The summed E-state index contributed by atoms with van der Waals surface area (Å²) >= 11 is 0. The number of phenols is 1. The number of nitrogens with one attached hydrogen (secondary N) is 1. The van der Waals surface area contributed by atoms with E-state index in [-0.39, 0.29) is 11.7 Å². The number of aryl methyl sites for hydroxylation is 1. The van der Waals surface area contributed by atoms with E-state index in [1.54, 1.807) is 24.3 Å². The van der Waals surface area contributed by atoms with Gasteiger partial charge in [-0.1, -0.05) is 56.9 Å². The van der Waals surface area contributed by atoms with Gasteiger partial charge in [-0.05, 0) is 42.7 Å². The molecule has 0 heterocycles. The van der Waals surface area contributed by atoms with Crippen LogP contribution in [0.15, 0.2) is 48.5 Å². The van der Waals surface area contributed by atoms with E-state index < -0.39 is 0 Å². The lowest BCUT2D eigenvalue weighted by atomic mass is 10.0. The Bertz CT molecular complexity index is 620. The second-order valence-electron chi connectivity index (χ2n) is 5.83. The Morgan fingerprint density at radius 2 is 1.65 bits per heavy atom. The van der Waals surface area contributed by atoms with Crippen molar-refractivity contribution in [1.29, 1.82) is 0 Å². The predicted molar refractivity (Wildman–Crippen MR) is 95.0 cm³/mol. The standard InChI is InChI=1S/C20H25NO2/c1-2-3-4-5-6-9-16-12-14-17(15-13-16)20(23)21-18-10-7-8-11-19(18)22/h7-8,10-15,22H,2-6,9H2,1H3,(H,21,23). The average molecular weight is 311 g/mol. The van der Waals surface area contributed by atoms with E-state index in [1.807, 2.05) is 24.3 Å². The number of amides is 1. The molecule has 2 aromatic carbocycles. The van der Waals surface area contributed by atoms with E-state index in [0.717, 1.165) is 6.42 Å². The van der Waals surface area contributed by atoms with Crippen molar-refractivity contribution in [1.82, 2.24) is 0 Å². The molecule has 0 aromatic heterocycles. The number of benzene rings is 2. The molecule has 0 aliphatic carbocycles. The third-order valence-electron chi connectivity index (χ3n) is 3.94. The average Bonchev–Trinajstić information content (AvgIpc) is 2.57. The molecule has 122 valence electrons. The van der Waals surface area contributed by atoms with Crippen LogP contribution in [0, 0.1) is 0 Å². The Labute approximate surface area is 138 Å². The van der Waals surface area contributed by atoms with Crippen molar-refractivity contribution >= 4 is 11.6 Å². The van der Waals surface area contributed by atoms with E-state index in [2.05, 4.69) is 12.2 Å². The zero-order valence-corrected chi connectivity index (χ0v) is 13.7. The molecule has 0 saturated carbocycles. The zero-order valence-electron chi connectivity index (χ0n) is 13.7. The van der Waals surface area contributed by atoms with Crippen molar-refractivity contribution in [3.05, 3.63) is 59.7 Å². The molecule has 0 atom stereocenters. The van der Waals surface area contributed by atoms with Crippen LogP contribution >= 0.6 is 0 Å². The first-order chi connectivity index (χ1) is 11.2. The Morgan fingerprint density at radius 3 is 2.35 bits per heavy atom. The molecule has 2 N–H and O–H groups in total. The summed E-state index contributed by atoms with van der Waals surface area (Å²) in [5.74, 6) is -0.134. The fourth-order valence-electron chi connectivity index (χ4n) is 2.53. The fraction of sp³-hybridized carbons (Fsp3) is 0.350. The largest absolute Gasteiger partial charge is 0.506 e. The third-order valence-corrected chi connectivity index (χ3v) is 3.94. The second-order valence-corrected chi connectivity index (χ2v) is 5.83. The van der Waals surface area contributed by atoms with Crippen LogP contribution < -0.4 is 5.32 Å². The zero-order chi connectivity index (χ0) is 16.5. The second kappa shape index (κ2) is 8.99. The molecule has 23 heavy (non-hydrogen) atoms. The van der Waals surface area contributed by atoms with Crippen LogP contribution in [0.2, 0.25) is 0 Å². The van der Waals surface area contributed by atoms with Crippen LogP contribution in [0.25, 0.3) is 0 Å². The number of hydrogen-bond acceptors (Lipinski definition) is 2.